The number of rotatable bonds is 4. The Hall–Kier alpha value is -1.06. The summed E-state index contributed by atoms with van der Waals surface area (Å²) in [6.07, 6.45) is 3.78. The van der Waals surface area contributed by atoms with Crippen molar-refractivity contribution in [2.45, 2.75) is 19.3 Å². The molecule has 0 amide bonds. The molecule has 0 saturated carbocycles. The molecule has 0 bridgehead atoms. The molecule has 0 atom stereocenters. The van der Waals surface area contributed by atoms with Crippen molar-refractivity contribution >= 4 is 0 Å². The van der Waals surface area contributed by atoms with E-state index in [1.807, 2.05) is 0 Å². The average molecular weight is 260 g/mol. The minimum absolute atomic E-state index is 0.808. The second-order valence-corrected chi connectivity index (χ2v) is 5.78. The van der Waals surface area contributed by atoms with Crippen molar-refractivity contribution < 1.29 is 4.74 Å². The molecule has 0 unspecified atom stereocenters. The Bertz CT molecular complexity index is 425. The first-order chi connectivity index (χ1) is 9.31. The van der Waals surface area contributed by atoms with Gasteiger partial charge < -0.3 is 9.64 Å². The number of fused-ring (bicyclic) bond motifs is 1. The number of hydrogen-bond acceptors (Lipinski definition) is 3. The lowest BCUT2D eigenvalue weighted by Crippen LogP contribution is -2.45. The summed E-state index contributed by atoms with van der Waals surface area (Å²) in [5.74, 6) is 1.05. The molecule has 104 valence electrons. The number of benzene rings is 1. The number of ether oxygens (including phenoxy) is 1. The lowest BCUT2D eigenvalue weighted by atomic mass is 10.1. The van der Waals surface area contributed by atoms with Crippen molar-refractivity contribution in [3.8, 4) is 5.75 Å². The van der Waals surface area contributed by atoms with Gasteiger partial charge in [0.25, 0.3) is 0 Å². The first-order valence-corrected chi connectivity index (χ1v) is 7.47. The molecule has 1 aromatic carbocycles. The van der Waals surface area contributed by atoms with E-state index in [1.165, 1.54) is 56.6 Å². The van der Waals surface area contributed by atoms with Gasteiger partial charge >= 0.3 is 0 Å². The number of likely N-dealkylation sites (N-methyl/N-ethyl adjacent to an activating group) is 1. The van der Waals surface area contributed by atoms with Crippen molar-refractivity contribution in [3.05, 3.63) is 29.3 Å². The van der Waals surface area contributed by atoms with Crippen LogP contribution in [0.3, 0.4) is 0 Å². The third-order valence-corrected chi connectivity index (χ3v) is 4.34. The second-order valence-electron chi connectivity index (χ2n) is 5.78. The monoisotopic (exact) mass is 260 g/mol. The summed E-state index contributed by atoms with van der Waals surface area (Å²) in [7, 11) is 2.19. The topological polar surface area (TPSA) is 15.7 Å². The molecule has 3 heteroatoms. The summed E-state index contributed by atoms with van der Waals surface area (Å²) in [5, 5.41) is 0. The minimum atomic E-state index is 0.808. The Morgan fingerprint density at radius 1 is 1.05 bits per heavy atom. The molecule has 1 aromatic rings. The van der Waals surface area contributed by atoms with Crippen LogP contribution in [0.4, 0.5) is 0 Å². The standard InChI is InChI=1S/C16H24N2O/c1-17-7-9-18(10-8-17)11-12-19-16-6-5-14-3-2-4-15(14)13-16/h5-6,13H,2-4,7-12H2,1H3. The van der Waals surface area contributed by atoms with Crippen molar-refractivity contribution in [3.63, 3.8) is 0 Å². The Balaban J connectivity index is 1.45. The van der Waals surface area contributed by atoms with E-state index in [4.69, 9.17) is 4.74 Å². The van der Waals surface area contributed by atoms with Crippen LogP contribution < -0.4 is 4.74 Å². The van der Waals surface area contributed by atoms with Gasteiger partial charge in [-0.05, 0) is 49.6 Å². The highest BCUT2D eigenvalue weighted by Crippen LogP contribution is 2.25. The van der Waals surface area contributed by atoms with E-state index >= 15 is 0 Å². The Kier molecular flexibility index (Phi) is 4.04. The quantitative estimate of drug-likeness (QED) is 0.821. The van der Waals surface area contributed by atoms with Gasteiger partial charge in [-0.1, -0.05) is 6.07 Å². The third kappa shape index (κ3) is 3.28. The molecule has 0 spiro atoms. The van der Waals surface area contributed by atoms with Crippen molar-refractivity contribution in [2.75, 3.05) is 46.4 Å². The summed E-state index contributed by atoms with van der Waals surface area (Å²) in [6, 6.07) is 6.62. The van der Waals surface area contributed by atoms with Crippen LogP contribution in [0, 0.1) is 0 Å². The minimum Gasteiger partial charge on any atom is -0.492 e. The van der Waals surface area contributed by atoms with Crippen LogP contribution in [-0.2, 0) is 12.8 Å². The predicted molar refractivity (Wildman–Crippen MR) is 77.9 cm³/mol. The molecule has 19 heavy (non-hydrogen) atoms. The van der Waals surface area contributed by atoms with E-state index in [0.29, 0.717) is 0 Å². The van der Waals surface area contributed by atoms with E-state index in [2.05, 4.69) is 35.0 Å². The van der Waals surface area contributed by atoms with Crippen LogP contribution >= 0.6 is 0 Å². The van der Waals surface area contributed by atoms with Gasteiger partial charge in [0, 0.05) is 32.7 Å². The normalized spacial score (nSPS) is 20.5. The van der Waals surface area contributed by atoms with Crippen molar-refractivity contribution in [1.29, 1.82) is 0 Å². The fraction of sp³-hybridized carbons (Fsp3) is 0.625. The summed E-state index contributed by atoms with van der Waals surface area (Å²) < 4.78 is 5.91. The maximum Gasteiger partial charge on any atom is 0.119 e. The maximum atomic E-state index is 5.91. The first kappa shape index (κ1) is 12.9. The molecule has 1 heterocycles. The molecule has 3 rings (SSSR count). The lowest BCUT2D eigenvalue weighted by Gasteiger charge is -2.32. The average Bonchev–Trinajstić information content (AvgIpc) is 2.88. The van der Waals surface area contributed by atoms with Gasteiger partial charge in [-0.3, -0.25) is 4.90 Å². The van der Waals surface area contributed by atoms with Crippen LogP contribution in [-0.4, -0.2) is 56.2 Å². The zero-order valence-corrected chi connectivity index (χ0v) is 11.9. The van der Waals surface area contributed by atoms with Gasteiger partial charge in [-0.2, -0.15) is 0 Å². The first-order valence-electron chi connectivity index (χ1n) is 7.47. The molecule has 2 aliphatic rings. The van der Waals surface area contributed by atoms with E-state index in [0.717, 1.165) is 18.9 Å². The molecule has 3 nitrogen and oxygen atoms in total. The number of piperazine rings is 1. The molecule has 1 aliphatic heterocycles. The van der Waals surface area contributed by atoms with Crippen LogP contribution in [0.5, 0.6) is 5.75 Å². The number of aryl methyl sites for hydroxylation is 2. The molecule has 0 radical (unpaired) electrons. The zero-order chi connectivity index (χ0) is 13.1. The van der Waals surface area contributed by atoms with Gasteiger partial charge in [0.1, 0.15) is 12.4 Å². The fourth-order valence-corrected chi connectivity index (χ4v) is 3.00. The van der Waals surface area contributed by atoms with Crippen molar-refractivity contribution in [1.82, 2.24) is 9.80 Å². The van der Waals surface area contributed by atoms with Gasteiger partial charge in [0.05, 0.1) is 0 Å². The third-order valence-electron chi connectivity index (χ3n) is 4.34. The maximum absolute atomic E-state index is 5.91. The van der Waals surface area contributed by atoms with Gasteiger partial charge in [0.2, 0.25) is 0 Å². The zero-order valence-electron chi connectivity index (χ0n) is 11.9. The van der Waals surface area contributed by atoms with Crippen LogP contribution in [0.1, 0.15) is 17.5 Å². The van der Waals surface area contributed by atoms with E-state index in [1.54, 1.807) is 0 Å². The Labute approximate surface area is 116 Å². The van der Waals surface area contributed by atoms with E-state index in [9.17, 15) is 0 Å². The fourth-order valence-electron chi connectivity index (χ4n) is 3.00. The largest absolute Gasteiger partial charge is 0.492 e. The summed E-state index contributed by atoms with van der Waals surface area (Å²) in [5.41, 5.74) is 3.02. The highest BCUT2D eigenvalue weighted by molar-refractivity contribution is 5.38. The van der Waals surface area contributed by atoms with E-state index in [-0.39, 0.29) is 0 Å². The van der Waals surface area contributed by atoms with Crippen LogP contribution in [0.2, 0.25) is 0 Å². The highest BCUT2D eigenvalue weighted by atomic mass is 16.5. The van der Waals surface area contributed by atoms with Gasteiger partial charge in [-0.15, -0.1) is 0 Å². The van der Waals surface area contributed by atoms with Gasteiger partial charge in [0.15, 0.2) is 0 Å². The Morgan fingerprint density at radius 2 is 1.84 bits per heavy atom. The number of hydrogen-bond donors (Lipinski definition) is 0. The lowest BCUT2D eigenvalue weighted by molar-refractivity contribution is 0.133. The number of nitrogens with zero attached hydrogens (tertiary/aromatic N) is 2. The molecule has 0 aromatic heterocycles. The van der Waals surface area contributed by atoms with Crippen LogP contribution in [0.25, 0.3) is 0 Å². The highest BCUT2D eigenvalue weighted by Gasteiger charge is 2.14. The summed E-state index contributed by atoms with van der Waals surface area (Å²) in [6.45, 7) is 6.55. The Morgan fingerprint density at radius 3 is 2.68 bits per heavy atom. The summed E-state index contributed by atoms with van der Waals surface area (Å²) in [4.78, 5) is 4.88. The smallest absolute Gasteiger partial charge is 0.119 e. The molecular weight excluding hydrogens is 236 g/mol. The molecule has 1 fully saturated rings. The molecule has 0 N–H and O–H groups in total. The molecular formula is C16H24N2O. The van der Waals surface area contributed by atoms with Crippen LogP contribution in [0.15, 0.2) is 18.2 Å². The van der Waals surface area contributed by atoms with Gasteiger partial charge in [-0.25, -0.2) is 0 Å². The van der Waals surface area contributed by atoms with Crippen molar-refractivity contribution in [2.24, 2.45) is 0 Å². The van der Waals surface area contributed by atoms with E-state index < -0.39 is 0 Å². The second kappa shape index (κ2) is 5.93. The molecule has 1 saturated heterocycles. The SMILES string of the molecule is CN1CCN(CCOc2ccc3c(c2)CCC3)CC1. The predicted octanol–water partition coefficient (Wildman–Crippen LogP) is 1.80. The molecule has 1 aliphatic carbocycles. The summed E-state index contributed by atoms with van der Waals surface area (Å²) >= 11 is 0.